The average Bonchev–Trinajstić information content (AvgIpc) is 2.67. The molecule has 0 fully saturated rings. The van der Waals surface area contributed by atoms with E-state index in [0.29, 0.717) is 0 Å². The first-order valence-electron chi connectivity index (χ1n) is 8.46. The van der Waals surface area contributed by atoms with Gasteiger partial charge in [0, 0.05) is 5.69 Å². The summed E-state index contributed by atoms with van der Waals surface area (Å²) in [5.74, 6) is -1.19. The van der Waals surface area contributed by atoms with Gasteiger partial charge in [-0.1, -0.05) is 12.1 Å². The van der Waals surface area contributed by atoms with Gasteiger partial charge in [-0.3, -0.25) is 4.79 Å². The first kappa shape index (κ1) is 22.7. The number of nitrogens with one attached hydrogen (secondary N) is 1. The number of carbonyl (C=O) groups excluding carboxylic acids is 1. The number of anilines is 1. The fourth-order valence-corrected chi connectivity index (χ4v) is 2.36. The van der Waals surface area contributed by atoms with Crippen LogP contribution in [-0.4, -0.2) is 19.1 Å². The summed E-state index contributed by atoms with van der Waals surface area (Å²) >= 11 is 0. The van der Waals surface area contributed by atoms with Crippen LogP contribution in [0.15, 0.2) is 48.0 Å². The zero-order chi connectivity index (χ0) is 22.3. The van der Waals surface area contributed by atoms with Crippen molar-refractivity contribution in [2.45, 2.75) is 19.7 Å². The van der Waals surface area contributed by atoms with Gasteiger partial charge in [0.1, 0.15) is 11.6 Å². The molecule has 0 heterocycles. The molecule has 158 valence electrons. The van der Waals surface area contributed by atoms with Crippen LogP contribution in [-0.2, 0) is 11.0 Å². The van der Waals surface area contributed by atoms with Gasteiger partial charge < -0.3 is 14.8 Å². The van der Waals surface area contributed by atoms with Crippen molar-refractivity contribution in [2.24, 2.45) is 0 Å². The summed E-state index contributed by atoms with van der Waals surface area (Å²) < 4.78 is 72.8. The van der Waals surface area contributed by atoms with Gasteiger partial charge in [-0.25, -0.2) is 0 Å². The van der Waals surface area contributed by atoms with E-state index in [1.54, 1.807) is 13.0 Å². The Kier molecular flexibility index (Phi) is 7.36. The van der Waals surface area contributed by atoms with Gasteiger partial charge in [-0.15, -0.1) is 0 Å². The van der Waals surface area contributed by atoms with Crippen molar-refractivity contribution < 1.29 is 36.2 Å². The predicted molar refractivity (Wildman–Crippen MR) is 97.9 cm³/mol. The Morgan fingerprint density at radius 2 is 1.93 bits per heavy atom. The molecule has 2 aromatic carbocycles. The molecule has 10 heteroatoms. The second-order valence-electron chi connectivity index (χ2n) is 5.72. The highest BCUT2D eigenvalue weighted by atomic mass is 19.4. The number of ether oxygens (including phenoxy) is 2. The smallest absolute Gasteiger partial charge is 0.416 e. The van der Waals surface area contributed by atoms with Crippen LogP contribution in [0.5, 0.6) is 11.5 Å². The molecule has 0 saturated carbocycles. The normalized spacial score (nSPS) is 11.7. The number of benzene rings is 2. The lowest BCUT2D eigenvalue weighted by molar-refractivity contribution is -0.137. The lowest BCUT2D eigenvalue weighted by Crippen LogP contribution is -2.14. The predicted octanol–water partition coefficient (Wildman–Crippen LogP) is 5.25. The number of halogens is 5. The maximum atomic E-state index is 12.8. The Balaban J connectivity index is 2.27. The minimum absolute atomic E-state index is 0.0258. The highest BCUT2D eigenvalue weighted by Crippen LogP contribution is 2.32. The van der Waals surface area contributed by atoms with E-state index >= 15 is 0 Å². The van der Waals surface area contributed by atoms with Gasteiger partial charge in [0.25, 0.3) is 5.91 Å². The molecular weight excluding hydrogens is 411 g/mol. The molecule has 2 rings (SSSR count). The van der Waals surface area contributed by atoms with Crippen molar-refractivity contribution in [3.63, 3.8) is 0 Å². The fourth-order valence-electron chi connectivity index (χ4n) is 2.36. The van der Waals surface area contributed by atoms with E-state index in [0.717, 1.165) is 24.3 Å². The molecule has 0 aromatic heterocycles. The highest BCUT2D eigenvalue weighted by Gasteiger charge is 2.30. The highest BCUT2D eigenvalue weighted by molar-refractivity contribution is 6.09. The van der Waals surface area contributed by atoms with Crippen molar-refractivity contribution in [2.75, 3.05) is 11.9 Å². The van der Waals surface area contributed by atoms with Crippen molar-refractivity contribution in [3.05, 3.63) is 59.2 Å². The zero-order valence-electron chi connectivity index (χ0n) is 15.5. The van der Waals surface area contributed by atoms with Gasteiger partial charge in [0.15, 0.2) is 11.5 Å². The third kappa shape index (κ3) is 6.20. The summed E-state index contributed by atoms with van der Waals surface area (Å²) in [6.07, 6.45) is -3.45. The summed E-state index contributed by atoms with van der Waals surface area (Å²) in [7, 11) is 0. The van der Waals surface area contributed by atoms with Crippen LogP contribution in [0.2, 0.25) is 0 Å². The first-order valence-corrected chi connectivity index (χ1v) is 8.46. The van der Waals surface area contributed by atoms with Gasteiger partial charge in [-0.2, -0.15) is 27.2 Å². The van der Waals surface area contributed by atoms with E-state index in [1.807, 2.05) is 0 Å². The van der Waals surface area contributed by atoms with Crippen molar-refractivity contribution in [1.82, 2.24) is 0 Å². The van der Waals surface area contributed by atoms with Crippen LogP contribution in [0.4, 0.5) is 27.6 Å². The average molecular weight is 426 g/mol. The summed E-state index contributed by atoms with van der Waals surface area (Å²) in [5, 5.41) is 11.5. The number of hydrogen-bond donors (Lipinski definition) is 1. The largest absolute Gasteiger partial charge is 0.490 e. The van der Waals surface area contributed by atoms with Crippen molar-refractivity contribution in [1.29, 1.82) is 5.26 Å². The minimum atomic E-state index is -4.59. The molecule has 5 nitrogen and oxygen atoms in total. The molecule has 0 saturated heterocycles. The lowest BCUT2D eigenvalue weighted by Gasteiger charge is -2.12. The quantitative estimate of drug-likeness (QED) is 0.373. The number of carbonyl (C=O) groups is 1. The molecule has 2 aromatic rings. The van der Waals surface area contributed by atoms with Gasteiger partial charge in [0.05, 0.1) is 12.2 Å². The van der Waals surface area contributed by atoms with E-state index in [9.17, 15) is 32.0 Å². The Bertz CT molecular complexity index is 981. The molecule has 0 aliphatic carbocycles. The molecule has 0 aliphatic heterocycles. The van der Waals surface area contributed by atoms with E-state index < -0.39 is 29.8 Å². The molecule has 1 N–H and O–H groups in total. The van der Waals surface area contributed by atoms with E-state index in [-0.39, 0.29) is 29.4 Å². The lowest BCUT2D eigenvalue weighted by atomic mass is 10.1. The molecule has 1 amide bonds. The van der Waals surface area contributed by atoms with Crippen LogP contribution < -0.4 is 14.8 Å². The number of hydrogen-bond acceptors (Lipinski definition) is 4. The number of alkyl halides is 5. The summed E-state index contributed by atoms with van der Waals surface area (Å²) in [5.41, 5.74) is -1.27. The molecule has 0 unspecified atom stereocenters. The third-order valence-corrected chi connectivity index (χ3v) is 3.61. The van der Waals surface area contributed by atoms with E-state index in [4.69, 9.17) is 4.74 Å². The van der Waals surface area contributed by atoms with E-state index in [1.165, 1.54) is 24.3 Å². The molecule has 0 bridgehead atoms. The van der Waals surface area contributed by atoms with Crippen LogP contribution in [0.1, 0.15) is 18.1 Å². The van der Waals surface area contributed by atoms with Gasteiger partial charge in [0.2, 0.25) is 0 Å². The topological polar surface area (TPSA) is 71.3 Å². The van der Waals surface area contributed by atoms with Gasteiger partial charge in [-0.05, 0) is 48.9 Å². The Hall–Kier alpha value is -3.61. The maximum absolute atomic E-state index is 12.8. The van der Waals surface area contributed by atoms with Gasteiger partial charge >= 0.3 is 12.8 Å². The second-order valence-corrected chi connectivity index (χ2v) is 5.72. The van der Waals surface area contributed by atoms with E-state index in [2.05, 4.69) is 10.1 Å². The molecule has 0 radical (unpaired) electrons. The molecule has 0 atom stereocenters. The number of rotatable bonds is 7. The SMILES string of the molecule is CCOc1cc(/C=C(/C#N)C(=O)Nc2cccc(C(F)(F)F)c2)ccc1OC(F)F. The monoisotopic (exact) mass is 426 g/mol. The standard InChI is InChI=1S/C20H15F5N2O3/c1-2-29-17-9-12(6-7-16(17)30-19(21)22)8-13(11-26)18(28)27-15-5-3-4-14(10-15)20(23,24)25/h3-10,19H,2H2,1H3,(H,27,28)/b13-8-. The minimum Gasteiger partial charge on any atom is -0.490 e. The summed E-state index contributed by atoms with van der Waals surface area (Å²) in [4.78, 5) is 12.3. The van der Waals surface area contributed by atoms with Crippen molar-refractivity contribution >= 4 is 17.7 Å². The second kappa shape index (κ2) is 9.73. The number of amides is 1. The molecular formula is C20H15F5N2O3. The Morgan fingerprint density at radius 1 is 1.20 bits per heavy atom. The maximum Gasteiger partial charge on any atom is 0.416 e. The molecule has 0 spiro atoms. The zero-order valence-corrected chi connectivity index (χ0v) is 15.5. The summed E-state index contributed by atoms with van der Waals surface area (Å²) in [6, 6.07) is 9.37. The summed E-state index contributed by atoms with van der Waals surface area (Å²) in [6.45, 7) is -1.30. The molecule has 0 aliphatic rings. The van der Waals surface area contributed by atoms with Crippen LogP contribution in [0, 0.1) is 11.3 Å². The van der Waals surface area contributed by atoms with Crippen molar-refractivity contribution in [3.8, 4) is 17.6 Å². The third-order valence-electron chi connectivity index (χ3n) is 3.61. The molecule has 30 heavy (non-hydrogen) atoms. The number of nitrogens with zero attached hydrogens (tertiary/aromatic N) is 1. The Labute approximate surface area is 168 Å². The van der Waals surface area contributed by atoms with Crippen LogP contribution in [0.3, 0.4) is 0 Å². The fraction of sp³-hybridized carbons (Fsp3) is 0.200. The first-order chi connectivity index (χ1) is 14.1. The van der Waals surface area contributed by atoms with Crippen LogP contribution in [0.25, 0.3) is 6.08 Å². The van der Waals surface area contributed by atoms with Crippen LogP contribution >= 0.6 is 0 Å². The number of nitriles is 1. The Morgan fingerprint density at radius 3 is 2.53 bits per heavy atom.